The number of carbonyl (C=O) groups is 1. The molecule has 1 amide bonds. The molecule has 2 heterocycles. The van der Waals surface area contributed by atoms with Crippen molar-refractivity contribution in [3.63, 3.8) is 0 Å². The van der Waals surface area contributed by atoms with Gasteiger partial charge in [0.15, 0.2) is 0 Å². The third kappa shape index (κ3) is 5.87. The highest BCUT2D eigenvalue weighted by molar-refractivity contribution is 7.88. The van der Waals surface area contributed by atoms with Crippen molar-refractivity contribution in [1.29, 1.82) is 0 Å². The Hall–Kier alpha value is -1.74. The lowest BCUT2D eigenvalue weighted by Gasteiger charge is -2.34. The van der Waals surface area contributed by atoms with E-state index in [4.69, 9.17) is 0 Å². The lowest BCUT2D eigenvalue weighted by molar-refractivity contribution is 0.0645. The topological polar surface area (TPSA) is 69.7 Å². The fourth-order valence-corrected chi connectivity index (χ4v) is 4.98. The fraction of sp³-hybridized carbons (Fsp3) is 0.421. The summed E-state index contributed by atoms with van der Waals surface area (Å²) in [6, 6.07) is 11.3. The molecule has 1 aliphatic rings. The number of sulfonamides is 1. The van der Waals surface area contributed by atoms with Crippen molar-refractivity contribution < 1.29 is 13.2 Å². The van der Waals surface area contributed by atoms with Crippen LogP contribution in [0.15, 0.2) is 41.8 Å². The Kier molecular flexibility index (Phi) is 6.64. The third-order valence-corrected chi connectivity index (χ3v) is 6.80. The van der Waals surface area contributed by atoms with Gasteiger partial charge < -0.3 is 4.90 Å². The molecule has 8 heteroatoms. The Morgan fingerprint density at radius 3 is 2.59 bits per heavy atom. The molecule has 0 spiro atoms. The van der Waals surface area contributed by atoms with Gasteiger partial charge in [0.25, 0.3) is 5.91 Å². The van der Waals surface area contributed by atoms with Crippen LogP contribution >= 0.6 is 11.3 Å². The predicted octanol–water partition coefficient (Wildman–Crippen LogP) is 1.93. The van der Waals surface area contributed by atoms with Gasteiger partial charge in [-0.05, 0) is 23.9 Å². The SMILES string of the molecule is Cc1cccc(CS(=O)(=O)NCCN2CCN(C(=O)c3cccs3)CC2)c1. The van der Waals surface area contributed by atoms with E-state index in [9.17, 15) is 13.2 Å². The monoisotopic (exact) mass is 407 g/mol. The number of amides is 1. The van der Waals surface area contributed by atoms with Crippen LogP contribution in [0.4, 0.5) is 0 Å². The smallest absolute Gasteiger partial charge is 0.264 e. The van der Waals surface area contributed by atoms with Gasteiger partial charge in [-0.1, -0.05) is 35.9 Å². The van der Waals surface area contributed by atoms with Crippen molar-refractivity contribution in [2.24, 2.45) is 0 Å². The number of carbonyl (C=O) groups excluding carboxylic acids is 1. The first-order valence-electron chi connectivity index (χ1n) is 9.01. The Balaban J connectivity index is 1.40. The Bertz CT molecular complexity index is 858. The molecule has 1 fully saturated rings. The van der Waals surface area contributed by atoms with Crippen LogP contribution in [-0.4, -0.2) is 63.4 Å². The van der Waals surface area contributed by atoms with Crippen molar-refractivity contribution in [2.75, 3.05) is 39.3 Å². The number of hydrogen-bond acceptors (Lipinski definition) is 5. The van der Waals surface area contributed by atoms with E-state index in [1.54, 1.807) is 0 Å². The molecule has 146 valence electrons. The van der Waals surface area contributed by atoms with Gasteiger partial charge >= 0.3 is 0 Å². The van der Waals surface area contributed by atoms with Gasteiger partial charge in [-0.2, -0.15) is 0 Å². The summed E-state index contributed by atoms with van der Waals surface area (Å²) in [6.07, 6.45) is 0. The zero-order chi connectivity index (χ0) is 19.3. The number of rotatable bonds is 7. The maximum Gasteiger partial charge on any atom is 0.264 e. The minimum absolute atomic E-state index is 0.00221. The average Bonchev–Trinajstić information content (AvgIpc) is 3.16. The molecule has 1 aliphatic heterocycles. The van der Waals surface area contributed by atoms with E-state index in [0.717, 1.165) is 29.1 Å². The lowest BCUT2D eigenvalue weighted by Crippen LogP contribution is -2.50. The molecule has 0 radical (unpaired) electrons. The number of aryl methyl sites for hydroxylation is 1. The summed E-state index contributed by atoms with van der Waals surface area (Å²) >= 11 is 1.46. The molecular weight excluding hydrogens is 382 g/mol. The molecule has 6 nitrogen and oxygen atoms in total. The van der Waals surface area contributed by atoms with Gasteiger partial charge in [0.1, 0.15) is 0 Å². The fourth-order valence-electron chi connectivity index (χ4n) is 3.16. The predicted molar refractivity (Wildman–Crippen MR) is 108 cm³/mol. The maximum absolute atomic E-state index is 12.3. The van der Waals surface area contributed by atoms with Gasteiger partial charge in [-0.25, -0.2) is 13.1 Å². The van der Waals surface area contributed by atoms with Gasteiger partial charge in [0, 0.05) is 39.3 Å². The van der Waals surface area contributed by atoms with Crippen LogP contribution in [0.5, 0.6) is 0 Å². The summed E-state index contributed by atoms with van der Waals surface area (Å²) < 4.78 is 27.2. The van der Waals surface area contributed by atoms with E-state index in [-0.39, 0.29) is 11.7 Å². The number of benzene rings is 1. The van der Waals surface area contributed by atoms with E-state index in [1.807, 2.05) is 53.6 Å². The summed E-state index contributed by atoms with van der Waals surface area (Å²) in [5.74, 6) is 0.0844. The van der Waals surface area contributed by atoms with Crippen LogP contribution < -0.4 is 4.72 Å². The summed E-state index contributed by atoms with van der Waals surface area (Å²) in [5, 5.41) is 1.91. The first-order valence-corrected chi connectivity index (χ1v) is 11.5. The number of nitrogens with zero attached hydrogens (tertiary/aromatic N) is 2. The molecule has 3 rings (SSSR count). The zero-order valence-corrected chi connectivity index (χ0v) is 17.1. The lowest BCUT2D eigenvalue weighted by atomic mass is 10.2. The molecule has 0 unspecified atom stereocenters. The van der Waals surface area contributed by atoms with E-state index in [2.05, 4.69) is 9.62 Å². The molecule has 27 heavy (non-hydrogen) atoms. The van der Waals surface area contributed by atoms with Crippen molar-refractivity contribution >= 4 is 27.3 Å². The minimum atomic E-state index is -3.35. The molecule has 0 saturated carbocycles. The second-order valence-corrected chi connectivity index (χ2v) is 9.51. The molecule has 0 aliphatic carbocycles. The Labute approximate surface area is 164 Å². The number of thiophene rings is 1. The van der Waals surface area contributed by atoms with Gasteiger partial charge in [0.05, 0.1) is 10.6 Å². The maximum atomic E-state index is 12.3. The van der Waals surface area contributed by atoms with Crippen LogP contribution in [0.25, 0.3) is 0 Å². The highest BCUT2D eigenvalue weighted by atomic mass is 32.2. The number of nitrogens with one attached hydrogen (secondary N) is 1. The highest BCUT2D eigenvalue weighted by Crippen LogP contribution is 2.14. The number of hydrogen-bond donors (Lipinski definition) is 1. The molecule has 1 aromatic heterocycles. The quantitative estimate of drug-likeness (QED) is 0.762. The highest BCUT2D eigenvalue weighted by Gasteiger charge is 2.22. The standard InChI is InChI=1S/C19H25N3O3S2/c1-16-4-2-5-17(14-16)15-27(24,25)20-7-8-21-9-11-22(12-10-21)19(23)18-6-3-13-26-18/h2-6,13-14,20H,7-12,15H2,1H3. The zero-order valence-electron chi connectivity index (χ0n) is 15.4. The molecule has 1 saturated heterocycles. The second kappa shape index (κ2) is 8.97. The second-order valence-electron chi connectivity index (χ2n) is 6.75. The van der Waals surface area contributed by atoms with Crippen molar-refractivity contribution in [3.05, 3.63) is 57.8 Å². The van der Waals surface area contributed by atoms with E-state index >= 15 is 0 Å². The summed E-state index contributed by atoms with van der Waals surface area (Å²) in [4.78, 5) is 17.2. The molecular formula is C19H25N3O3S2. The van der Waals surface area contributed by atoms with Crippen LogP contribution in [0, 0.1) is 6.92 Å². The van der Waals surface area contributed by atoms with Crippen molar-refractivity contribution in [2.45, 2.75) is 12.7 Å². The largest absolute Gasteiger partial charge is 0.335 e. The molecule has 2 aromatic rings. The normalized spacial score (nSPS) is 15.8. The van der Waals surface area contributed by atoms with Crippen LogP contribution in [0.2, 0.25) is 0 Å². The van der Waals surface area contributed by atoms with Crippen molar-refractivity contribution in [3.8, 4) is 0 Å². The average molecular weight is 408 g/mol. The Morgan fingerprint density at radius 1 is 1.15 bits per heavy atom. The minimum Gasteiger partial charge on any atom is -0.335 e. The molecule has 1 N–H and O–H groups in total. The molecule has 0 bridgehead atoms. The number of piperazine rings is 1. The summed E-state index contributed by atoms with van der Waals surface area (Å²) in [7, 11) is -3.35. The molecule has 0 atom stereocenters. The van der Waals surface area contributed by atoms with Crippen LogP contribution in [0.3, 0.4) is 0 Å². The first kappa shape index (κ1) is 20.0. The van der Waals surface area contributed by atoms with Crippen LogP contribution in [-0.2, 0) is 15.8 Å². The van der Waals surface area contributed by atoms with Gasteiger partial charge in [-0.3, -0.25) is 9.69 Å². The Morgan fingerprint density at radius 2 is 1.93 bits per heavy atom. The van der Waals surface area contributed by atoms with E-state index < -0.39 is 10.0 Å². The molecule has 1 aromatic carbocycles. The summed E-state index contributed by atoms with van der Waals surface area (Å²) in [6.45, 7) is 5.85. The third-order valence-electron chi connectivity index (χ3n) is 4.58. The van der Waals surface area contributed by atoms with Crippen molar-refractivity contribution in [1.82, 2.24) is 14.5 Å². The van der Waals surface area contributed by atoms with Gasteiger partial charge in [0.2, 0.25) is 10.0 Å². The van der Waals surface area contributed by atoms with Gasteiger partial charge in [-0.15, -0.1) is 11.3 Å². The first-order chi connectivity index (χ1) is 12.9. The van der Waals surface area contributed by atoms with E-state index in [1.165, 1.54) is 11.3 Å². The van der Waals surface area contributed by atoms with E-state index in [0.29, 0.717) is 26.2 Å². The van der Waals surface area contributed by atoms with Crippen LogP contribution in [0.1, 0.15) is 20.8 Å². The summed E-state index contributed by atoms with van der Waals surface area (Å²) in [5.41, 5.74) is 1.85.